The predicted molar refractivity (Wildman–Crippen MR) is 125 cm³/mol. The highest BCUT2D eigenvalue weighted by Gasteiger charge is 2.22. The van der Waals surface area contributed by atoms with Crippen LogP contribution in [0.1, 0.15) is 5.56 Å². The number of ether oxygens (including phenoxy) is 2. The van der Waals surface area contributed by atoms with Crippen LogP contribution < -0.4 is 19.5 Å². The van der Waals surface area contributed by atoms with Crippen LogP contribution in [0.2, 0.25) is 5.02 Å². The number of hydrogen-bond acceptors (Lipinski definition) is 6. The fourth-order valence-corrected chi connectivity index (χ4v) is 4.36. The Morgan fingerprint density at radius 2 is 1.82 bits per heavy atom. The molecule has 0 atom stereocenters. The maximum atomic E-state index is 12.9. The van der Waals surface area contributed by atoms with Gasteiger partial charge in [-0.05, 0) is 48.0 Å². The molecule has 0 aliphatic rings. The molecular formula is C23H20ClN3O5S. The zero-order valence-electron chi connectivity index (χ0n) is 17.5. The molecular weight excluding hydrogens is 466 g/mol. The van der Waals surface area contributed by atoms with E-state index in [9.17, 15) is 13.2 Å². The minimum atomic E-state index is -4.07. The van der Waals surface area contributed by atoms with Gasteiger partial charge in [0.05, 0.1) is 30.3 Å². The highest BCUT2D eigenvalue weighted by Crippen LogP contribution is 2.30. The van der Waals surface area contributed by atoms with Crippen molar-refractivity contribution in [2.45, 2.75) is 11.3 Å². The Morgan fingerprint density at radius 1 is 1.09 bits per heavy atom. The molecule has 3 aromatic rings. The summed E-state index contributed by atoms with van der Waals surface area (Å²) in [6.45, 7) is -0.288. The van der Waals surface area contributed by atoms with Crippen LogP contribution in [0.15, 0.2) is 71.6 Å². The fourth-order valence-electron chi connectivity index (χ4n) is 2.85. The topological polar surface area (TPSA) is 118 Å². The maximum absolute atomic E-state index is 12.9. The summed E-state index contributed by atoms with van der Waals surface area (Å²) in [5.74, 6) is 0.0821. The van der Waals surface area contributed by atoms with E-state index in [1.807, 2.05) is 0 Å². The summed E-state index contributed by atoms with van der Waals surface area (Å²) in [7, 11) is -2.72. The number of nitrogens with one attached hydrogen (secondary N) is 2. The molecule has 0 aromatic heterocycles. The summed E-state index contributed by atoms with van der Waals surface area (Å²) in [5, 5.41) is 11.5. The third-order valence-electron chi connectivity index (χ3n) is 4.43. The number of carbonyl (C=O) groups is 1. The van der Waals surface area contributed by atoms with Gasteiger partial charge in [-0.2, -0.15) is 5.26 Å². The Balaban J connectivity index is 1.71. The zero-order chi connectivity index (χ0) is 23.8. The van der Waals surface area contributed by atoms with Gasteiger partial charge in [0.2, 0.25) is 0 Å². The molecule has 0 fully saturated rings. The molecule has 3 rings (SSSR count). The Bertz CT molecular complexity index is 1290. The normalized spacial score (nSPS) is 10.7. The van der Waals surface area contributed by atoms with Crippen LogP contribution in [0.4, 0.5) is 11.4 Å². The summed E-state index contributed by atoms with van der Waals surface area (Å²) >= 11 is 6.06. The third kappa shape index (κ3) is 6.38. The van der Waals surface area contributed by atoms with Crippen LogP contribution in [0.3, 0.4) is 0 Å². The molecule has 0 spiro atoms. The van der Waals surface area contributed by atoms with Crippen molar-refractivity contribution in [3.05, 3.63) is 77.3 Å². The highest BCUT2D eigenvalue weighted by molar-refractivity contribution is 7.92. The number of para-hydroxylation sites is 1. The first-order valence-corrected chi connectivity index (χ1v) is 11.5. The molecule has 0 bridgehead atoms. The Labute approximate surface area is 196 Å². The monoisotopic (exact) mass is 485 g/mol. The molecule has 0 saturated heterocycles. The van der Waals surface area contributed by atoms with Gasteiger partial charge in [0.15, 0.2) is 6.61 Å². The van der Waals surface area contributed by atoms with Crippen molar-refractivity contribution in [2.75, 3.05) is 23.8 Å². The lowest BCUT2D eigenvalue weighted by Crippen LogP contribution is -2.21. The molecule has 0 aliphatic carbocycles. The first-order chi connectivity index (χ1) is 15.8. The highest BCUT2D eigenvalue weighted by atomic mass is 35.5. The summed E-state index contributed by atoms with van der Waals surface area (Å²) in [6, 6.07) is 19.5. The lowest BCUT2D eigenvalue weighted by molar-refractivity contribution is -0.118. The van der Waals surface area contributed by atoms with Crippen LogP contribution >= 0.6 is 11.6 Å². The maximum Gasteiger partial charge on any atom is 0.265 e. The van der Waals surface area contributed by atoms with Gasteiger partial charge in [-0.25, -0.2) is 8.42 Å². The molecule has 2 N–H and O–H groups in total. The van der Waals surface area contributed by atoms with Crippen molar-refractivity contribution in [3.8, 4) is 17.6 Å². The number of rotatable bonds is 9. The van der Waals surface area contributed by atoms with Crippen molar-refractivity contribution in [2.24, 2.45) is 0 Å². The quantitative estimate of drug-likeness (QED) is 0.468. The van der Waals surface area contributed by atoms with Gasteiger partial charge in [-0.15, -0.1) is 0 Å². The first-order valence-electron chi connectivity index (χ1n) is 9.66. The van der Waals surface area contributed by atoms with Crippen molar-refractivity contribution in [1.29, 1.82) is 5.26 Å². The molecule has 0 heterocycles. The molecule has 170 valence electrons. The number of hydrogen-bond donors (Lipinski definition) is 2. The van der Waals surface area contributed by atoms with Gasteiger partial charge in [0, 0.05) is 5.69 Å². The molecule has 0 radical (unpaired) electrons. The first kappa shape index (κ1) is 23.9. The number of benzene rings is 3. The summed E-state index contributed by atoms with van der Waals surface area (Å²) in [6.07, 6.45) is 0.287. The molecule has 3 aromatic carbocycles. The Kier molecular flexibility index (Phi) is 7.77. The summed E-state index contributed by atoms with van der Waals surface area (Å²) in [5.41, 5.74) is 1.30. The molecule has 8 nitrogen and oxygen atoms in total. The SMILES string of the molecule is COc1ccc(NC(=O)COc2ccc(CC#N)cc2)cc1S(=O)(=O)Nc1ccccc1Cl. The second-order valence-electron chi connectivity index (χ2n) is 6.77. The molecule has 0 unspecified atom stereocenters. The molecule has 33 heavy (non-hydrogen) atoms. The molecule has 10 heteroatoms. The van der Waals surface area contributed by atoms with Crippen molar-refractivity contribution in [1.82, 2.24) is 0 Å². The molecule has 1 amide bonds. The van der Waals surface area contributed by atoms with Crippen LogP contribution in [0.25, 0.3) is 0 Å². The van der Waals surface area contributed by atoms with E-state index in [0.29, 0.717) is 5.75 Å². The zero-order valence-corrected chi connectivity index (χ0v) is 19.1. The summed E-state index contributed by atoms with van der Waals surface area (Å²) < 4.78 is 38.9. The fraction of sp³-hybridized carbons (Fsp3) is 0.130. The number of anilines is 2. The van der Waals surface area contributed by atoms with Gasteiger partial charge in [-0.1, -0.05) is 35.9 Å². The number of methoxy groups -OCH3 is 1. The van der Waals surface area contributed by atoms with E-state index in [1.165, 1.54) is 31.4 Å². The van der Waals surface area contributed by atoms with Crippen LogP contribution in [0, 0.1) is 11.3 Å². The van der Waals surface area contributed by atoms with Crippen LogP contribution in [0.5, 0.6) is 11.5 Å². The Hall–Kier alpha value is -3.74. The lowest BCUT2D eigenvalue weighted by Gasteiger charge is -2.14. The smallest absolute Gasteiger partial charge is 0.265 e. The standard InChI is InChI=1S/C23H20ClN3O5S/c1-31-21-11-8-17(14-22(21)33(29,30)27-20-5-3-2-4-19(20)24)26-23(28)15-32-18-9-6-16(7-10-18)12-13-25/h2-11,14,27H,12,15H2,1H3,(H,26,28). The van der Waals surface area contributed by atoms with Crippen molar-refractivity contribution in [3.63, 3.8) is 0 Å². The molecule has 0 aliphatic heterocycles. The van der Waals surface area contributed by atoms with Crippen molar-refractivity contribution >= 4 is 38.9 Å². The number of sulfonamides is 1. The summed E-state index contributed by atoms with van der Waals surface area (Å²) in [4.78, 5) is 12.1. The molecule has 0 saturated carbocycles. The van der Waals surface area contributed by atoms with E-state index >= 15 is 0 Å². The van der Waals surface area contributed by atoms with Gasteiger partial charge < -0.3 is 14.8 Å². The average molecular weight is 486 g/mol. The van der Waals surface area contributed by atoms with Crippen molar-refractivity contribution < 1.29 is 22.7 Å². The van der Waals surface area contributed by atoms with Crippen LogP contribution in [-0.2, 0) is 21.2 Å². The van der Waals surface area contributed by atoms with E-state index in [-0.39, 0.29) is 40.1 Å². The largest absolute Gasteiger partial charge is 0.495 e. The van der Waals surface area contributed by atoms with E-state index in [0.717, 1.165) is 5.56 Å². The number of halogens is 1. The lowest BCUT2D eigenvalue weighted by atomic mass is 10.2. The number of amides is 1. The Morgan fingerprint density at radius 3 is 2.48 bits per heavy atom. The van der Waals surface area contributed by atoms with Crippen LogP contribution in [-0.4, -0.2) is 28.0 Å². The third-order valence-corrected chi connectivity index (χ3v) is 6.15. The minimum absolute atomic E-state index is 0.0984. The van der Waals surface area contributed by atoms with Gasteiger partial charge in [-0.3, -0.25) is 9.52 Å². The van der Waals surface area contributed by atoms with Gasteiger partial charge in [0.1, 0.15) is 16.4 Å². The number of nitrogens with zero attached hydrogens (tertiary/aromatic N) is 1. The van der Waals surface area contributed by atoms with Gasteiger partial charge in [0.25, 0.3) is 15.9 Å². The second-order valence-corrected chi connectivity index (χ2v) is 8.82. The van der Waals surface area contributed by atoms with Gasteiger partial charge >= 0.3 is 0 Å². The van der Waals surface area contributed by atoms with E-state index < -0.39 is 15.9 Å². The second kappa shape index (κ2) is 10.7. The van der Waals surface area contributed by atoms with E-state index in [2.05, 4.69) is 16.1 Å². The van der Waals surface area contributed by atoms with E-state index in [1.54, 1.807) is 42.5 Å². The number of nitriles is 1. The predicted octanol–water partition coefficient (Wildman–Crippen LogP) is 4.23. The average Bonchev–Trinajstić information content (AvgIpc) is 2.80. The number of carbonyl (C=O) groups excluding carboxylic acids is 1. The minimum Gasteiger partial charge on any atom is -0.495 e. The van der Waals surface area contributed by atoms with E-state index in [4.69, 9.17) is 26.3 Å².